The number of piperazine rings is 1. The minimum absolute atomic E-state index is 0.446. The SMILES string of the molecule is Cc1cc(CN2CCN(C)CC2)cc(C)c1C(=O)O. The van der Waals surface area contributed by atoms with Crippen molar-refractivity contribution in [1.82, 2.24) is 9.80 Å². The maximum atomic E-state index is 11.2. The Morgan fingerprint density at radius 3 is 2.16 bits per heavy atom. The van der Waals surface area contributed by atoms with Crippen LogP contribution >= 0.6 is 0 Å². The normalized spacial score (nSPS) is 17.6. The molecule has 104 valence electrons. The van der Waals surface area contributed by atoms with E-state index in [1.54, 1.807) is 0 Å². The van der Waals surface area contributed by atoms with Crippen LogP contribution in [-0.2, 0) is 6.54 Å². The zero-order chi connectivity index (χ0) is 14.0. The average molecular weight is 262 g/mol. The van der Waals surface area contributed by atoms with Gasteiger partial charge in [0.1, 0.15) is 0 Å². The molecule has 1 aromatic carbocycles. The van der Waals surface area contributed by atoms with Crippen LogP contribution < -0.4 is 0 Å². The van der Waals surface area contributed by atoms with E-state index >= 15 is 0 Å². The van der Waals surface area contributed by atoms with Gasteiger partial charge in [0.15, 0.2) is 0 Å². The summed E-state index contributed by atoms with van der Waals surface area (Å²) in [5, 5.41) is 9.17. The third kappa shape index (κ3) is 3.33. The van der Waals surface area contributed by atoms with Crippen molar-refractivity contribution in [3.8, 4) is 0 Å². The molecule has 1 heterocycles. The highest BCUT2D eigenvalue weighted by Crippen LogP contribution is 2.18. The molecule has 1 aliphatic rings. The summed E-state index contributed by atoms with van der Waals surface area (Å²) in [5.41, 5.74) is 3.37. The summed E-state index contributed by atoms with van der Waals surface area (Å²) >= 11 is 0. The first-order chi connectivity index (χ1) is 8.97. The Balaban J connectivity index is 2.11. The molecular weight excluding hydrogens is 240 g/mol. The molecule has 1 aliphatic heterocycles. The van der Waals surface area contributed by atoms with Crippen molar-refractivity contribution < 1.29 is 9.90 Å². The van der Waals surface area contributed by atoms with Gasteiger partial charge < -0.3 is 10.0 Å². The minimum atomic E-state index is -0.832. The number of hydrogen-bond donors (Lipinski definition) is 1. The molecule has 0 spiro atoms. The molecule has 0 bridgehead atoms. The Morgan fingerprint density at radius 2 is 1.68 bits per heavy atom. The van der Waals surface area contributed by atoms with E-state index in [4.69, 9.17) is 0 Å². The van der Waals surface area contributed by atoms with Gasteiger partial charge in [0.05, 0.1) is 5.56 Å². The summed E-state index contributed by atoms with van der Waals surface area (Å²) in [6.45, 7) is 9.03. The van der Waals surface area contributed by atoms with Crippen molar-refractivity contribution >= 4 is 5.97 Å². The Morgan fingerprint density at radius 1 is 1.16 bits per heavy atom. The second-order valence-corrected chi connectivity index (χ2v) is 5.49. The minimum Gasteiger partial charge on any atom is -0.478 e. The second-order valence-electron chi connectivity index (χ2n) is 5.49. The highest BCUT2D eigenvalue weighted by molar-refractivity contribution is 5.91. The molecule has 4 nitrogen and oxygen atoms in total. The molecule has 1 saturated heterocycles. The van der Waals surface area contributed by atoms with E-state index in [9.17, 15) is 9.90 Å². The van der Waals surface area contributed by atoms with E-state index < -0.39 is 5.97 Å². The molecule has 0 unspecified atom stereocenters. The number of carboxylic acid groups (broad SMARTS) is 1. The molecular formula is C15H22N2O2. The summed E-state index contributed by atoms with van der Waals surface area (Å²) < 4.78 is 0. The largest absolute Gasteiger partial charge is 0.478 e. The quantitative estimate of drug-likeness (QED) is 0.901. The molecule has 0 aliphatic carbocycles. The Bertz CT molecular complexity index is 454. The maximum Gasteiger partial charge on any atom is 0.336 e. The predicted octanol–water partition coefficient (Wildman–Crippen LogP) is 1.75. The van der Waals surface area contributed by atoms with Gasteiger partial charge in [-0.25, -0.2) is 4.79 Å². The fourth-order valence-electron chi connectivity index (χ4n) is 2.75. The van der Waals surface area contributed by atoms with E-state index in [1.165, 1.54) is 5.56 Å². The van der Waals surface area contributed by atoms with Crippen LogP contribution in [0.3, 0.4) is 0 Å². The van der Waals surface area contributed by atoms with Crippen LogP contribution in [0.2, 0.25) is 0 Å². The van der Waals surface area contributed by atoms with Crippen molar-refractivity contribution in [3.63, 3.8) is 0 Å². The molecule has 2 rings (SSSR count). The Labute approximate surface area is 114 Å². The van der Waals surface area contributed by atoms with Gasteiger partial charge in [0, 0.05) is 32.7 Å². The highest BCUT2D eigenvalue weighted by Gasteiger charge is 2.16. The van der Waals surface area contributed by atoms with Gasteiger partial charge >= 0.3 is 5.97 Å². The first-order valence-electron chi connectivity index (χ1n) is 6.71. The molecule has 0 saturated carbocycles. The number of carboxylic acids is 1. The van der Waals surface area contributed by atoms with E-state index in [0.29, 0.717) is 5.56 Å². The van der Waals surface area contributed by atoms with Crippen molar-refractivity contribution in [3.05, 3.63) is 34.4 Å². The summed E-state index contributed by atoms with van der Waals surface area (Å²) in [7, 11) is 2.15. The molecule has 19 heavy (non-hydrogen) atoms. The van der Waals surface area contributed by atoms with E-state index in [0.717, 1.165) is 43.9 Å². The third-order valence-electron chi connectivity index (χ3n) is 3.81. The number of rotatable bonds is 3. The van der Waals surface area contributed by atoms with Crippen molar-refractivity contribution in [2.45, 2.75) is 20.4 Å². The van der Waals surface area contributed by atoms with Crippen LogP contribution in [0, 0.1) is 13.8 Å². The zero-order valence-electron chi connectivity index (χ0n) is 11.9. The van der Waals surface area contributed by atoms with Gasteiger partial charge in [0.2, 0.25) is 0 Å². The lowest BCUT2D eigenvalue weighted by Gasteiger charge is -2.32. The summed E-state index contributed by atoms with van der Waals surface area (Å²) in [6.07, 6.45) is 0. The van der Waals surface area contributed by atoms with Gasteiger partial charge in [-0.05, 0) is 37.6 Å². The number of aryl methyl sites for hydroxylation is 2. The van der Waals surface area contributed by atoms with Crippen LogP contribution in [-0.4, -0.2) is 54.1 Å². The lowest BCUT2D eigenvalue weighted by atomic mass is 9.99. The van der Waals surface area contributed by atoms with Crippen molar-refractivity contribution in [1.29, 1.82) is 0 Å². The lowest BCUT2D eigenvalue weighted by Crippen LogP contribution is -2.43. The lowest BCUT2D eigenvalue weighted by molar-refractivity contribution is 0.0695. The molecule has 1 aromatic rings. The molecule has 1 fully saturated rings. The molecule has 4 heteroatoms. The third-order valence-corrected chi connectivity index (χ3v) is 3.81. The topological polar surface area (TPSA) is 43.8 Å². The maximum absolute atomic E-state index is 11.2. The standard InChI is InChI=1S/C15H22N2O2/c1-11-8-13(9-12(2)14(11)15(18)19)10-17-6-4-16(3)5-7-17/h8-9H,4-7,10H2,1-3H3,(H,18,19). The monoisotopic (exact) mass is 262 g/mol. The summed E-state index contributed by atoms with van der Waals surface area (Å²) in [6, 6.07) is 4.02. The summed E-state index contributed by atoms with van der Waals surface area (Å²) in [5.74, 6) is -0.832. The van der Waals surface area contributed by atoms with Crippen molar-refractivity contribution in [2.24, 2.45) is 0 Å². The van der Waals surface area contributed by atoms with Gasteiger partial charge in [-0.3, -0.25) is 4.90 Å². The smallest absolute Gasteiger partial charge is 0.336 e. The van der Waals surface area contributed by atoms with Gasteiger partial charge in [0.25, 0.3) is 0 Å². The number of benzene rings is 1. The van der Waals surface area contributed by atoms with Crippen molar-refractivity contribution in [2.75, 3.05) is 33.2 Å². The van der Waals surface area contributed by atoms with Crippen LogP contribution in [0.25, 0.3) is 0 Å². The van der Waals surface area contributed by atoms with Crippen LogP contribution in [0.4, 0.5) is 0 Å². The van der Waals surface area contributed by atoms with Gasteiger partial charge in [-0.1, -0.05) is 12.1 Å². The number of likely N-dealkylation sites (N-methyl/N-ethyl adjacent to an activating group) is 1. The highest BCUT2D eigenvalue weighted by atomic mass is 16.4. The molecule has 1 N–H and O–H groups in total. The molecule has 0 atom stereocenters. The van der Waals surface area contributed by atoms with E-state index in [-0.39, 0.29) is 0 Å². The number of carbonyl (C=O) groups is 1. The molecule has 0 amide bonds. The first-order valence-corrected chi connectivity index (χ1v) is 6.71. The first kappa shape index (κ1) is 14.0. The van der Waals surface area contributed by atoms with Crippen LogP contribution in [0.15, 0.2) is 12.1 Å². The molecule has 0 radical (unpaired) electrons. The fourth-order valence-corrected chi connectivity index (χ4v) is 2.75. The number of nitrogens with zero attached hydrogens (tertiary/aromatic N) is 2. The summed E-state index contributed by atoms with van der Waals surface area (Å²) in [4.78, 5) is 15.9. The number of aromatic carboxylic acids is 1. The van der Waals surface area contributed by atoms with E-state index in [1.807, 2.05) is 26.0 Å². The zero-order valence-corrected chi connectivity index (χ0v) is 11.9. The fraction of sp³-hybridized carbons (Fsp3) is 0.533. The Kier molecular flexibility index (Phi) is 4.22. The average Bonchev–Trinajstić information content (AvgIpc) is 2.30. The van der Waals surface area contributed by atoms with E-state index in [2.05, 4.69) is 16.8 Å². The second kappa shape index (κ2) is 5.72. The van der Waals surface area contributed by atoms with Gasteiger partial charge in [-0.2, -0.15) is 0 Å². The number of hydrogen-bond acceptors (Lipinski definition) is 3. The molecule has 0 aromatic heterocycles. The van der Waals surface area contributed by atoms with Crippen LogP contribution in [0.1, 0.15) is 27.0 Å². The van der Waals surface area contributed by atoms with Crippen LogP contribution in [0.5, 0.6) is 0 Å². The predicted molar refractivity (Wildman–Crippen MR) is 75.6 cm³/mol. The van der Waals surface area contributed by atoms with Gasteiger partial charge in [-0.15, -0.1) is 0 Å². The Hall–Kier alpha value is -1.39.